The number of amides is 1. The topological polar surface area (TPSA) is 75.4 Å². The number of anilines is 1. The van der Waals surface area contributed by atoms with Gasteiger partial charge in [0.05, 0.1) is 18.5 Å². The van der Waals surface area contributed by atoms with E-state index in [0.717, 1.165) is 0 Å². The van der Waals surface area contributed by atoms with Gasteiger partial charge in [0, 0.05) is 22.6 Å². The number of halogens is 1. The molecule has 0 saturated carbocycles. The highest BCUT2D eigenvalue weighted by Gasteiger charge is 2.15. The van der Waals surface area contributed by atoms with Crippen molar-refractivity contribution < 1.29 is 14.4 Å². The van der Waals surface area contributed by atoms with Gasteiger partial charge in [0.1, 0.15) is 0 Å². The standard InChI is InChI=1S/C15H13ClN2O3/c1-10-9-17-21-14(10)15(20)18-13-8-12(16)6-5-11(13)4-2-3-7-19/h5-6,8-9,19H,3,7H2,1H3,(H,18,20). The lowest BCUT2D eigenvalue weighted by atomic mass is 10.1. The van der Waals surface area contributed by atoms with Crippen molar-refractivity contribution in [3.8, 4) is 11.8 Å². The second kappa shape index (κ2) is 6.93. The molecule has 1 aromatic heterocycles. The molecule has 1 amide bonds. The van der Waals surface area contributed by atoms with Crippen molar-refractivity contribution in [1.82, 2.24) is 5.16 Å². The van der Waals surface area contributed by atoms with E-state index in [4.69, 9.17) is 21.2 Å². The Morgan fingerprint density at radius 1 is 1.52 bits per heavy atom. The summed E-state index contributed by atoms with van der Waals surface area (Å²) >= 11 is 5.94. The molecule has 5 nitrogen and oxygen atoms in total. The van der Waals surface area contributed by atoms with Gasteiger partial charge in [-0.3, -0.25) is 4.79 Å². The van der Waals surface area contributed by atoms with Gasteiger partial charge in [-0.05, 0) is 25.1 Å². The molecule has 2 aromatic rings. The van der Waals surface area contributed by atoms with Crippen LogP contribution >= 0.6 is 11.6 Å². The molecule has 0 fully saturated rings. The van der Waals surface area contributed by atoms with E-state index in [-0.39, 0.29) is 12.4 Å². The van der Waals surface area contributed by atoms with Gasteiger partial charge in [-0.2, -0.15) is 0 Å². The smallest absolute Gasteiger partial charge is 0.294 e. The summed E-state index contributed by atoms with van der Waals surface area (Å²) in [4.78, 5) is 12.1. The molecule has 2 N–H and O–H groups in total. The number of nitrogens with zero attached hydrogens (tertiary/aromatic N) is 1. The van der Waals surface area contributed by atoms with Crippen LogP contribution in [0.5, 0.6) is 0 Å². The zero-order valence-electron chi connectivity index (χ0n) is 11.3. The molecular weight excluding hydrogens is 292 g/mol. The van der Waals surface area contributed by atoms with E-state index in [1.54, 1.807) is 25.1 Å². The molecular formula is C15H13ClN2O3. The third-order valence-corrected chi connectivity index (χ3v) is 2.88. The van der Waals surface area contributed by atoms with Gasteiger partial charge >= 0.3 is 0 Å². The lowest BCUT2D eigenvalue weighted by molar-refractivity contribution is 0.0987. The summed E-state index contributed by atoms with van der Waals surface area (Å²) in [7, 11) is 0. The van der Waals surface area contributed by atoms with Crippen LogP contribution in [0.15, 0.2) is 28.9 Å². The molecule has 0 aliphatic rings. The van der Waals surface area contributed by atoms with Crippen molar-refractivity contribution >= 4 is 23.2 Å². The highest BCUT2D eigenvalue weighted by molar-refractivity contribution is 6.31. The quantitative estimate of drug-likeness (QED) is 0.855. The van der Waals surface area contributed by atoms with Crippen LogP contribution in [0.2, 0.25) is 5.02 Å². The van der Waals surface area contributed by atoms with E-state index in [1.165, 1.54) is 6.20 Å². The van der Waals surface area contributed by atoms with Crippen LogP contribution in [-0.2, 0) is 0 Å². The van der Waals surface area contributed by atoms with Crippen molar-refractivity contribution in [2.45, 2.75) is 13.3 Å². The van der Waals surface area contributed by atoms with Gasteiger partial charge in [0.15, 0.2) is 0 Å². The number of rotatable bonds is 3. The largest absolute Gasteiger partial charge is 0.395 e. The Morgan fingerprint density at radius 3 is 3.00 bits per heavy atom. The van der Waals surface area contributed by atoms with Crippen LogP contribution in [0.1, 0.15) is 28.1 Å². The van der Waals surface area contributed by atoms with Gasteiger partial charge in [0.2, 0.25) is 5.76 Å². The molecule has 1 heterocycles. The highest BCUT2D eigenvalue weighted by atomic mass is 35.5. The summed E-state index contributed by atoms with van der Waals surface area (Å²) in [6, 6.07) is 4.99. The zero-order valence-corrected chi connectivity index (χ0v) is 12.1. The van der Waals surface area contributed by atoms with Gasteiger partial charge < -0.3 is 14.9 Å². The number of aliphatic hydroxyl groups excluding tert-OH is 1. The summed E-state index contributed by atoms with van der Waals surface area (Å²) in [6.07, 6.45) is 1.83. The molecule has 0 bridgehead atoms. The molecule has 108 valence electrons. The maximum atomic E-state index is 12.1. The Labute approximate surface area is 126 Å². The molecule has 0 saturated heterocycles. The monoisotopic (exact) mass is 304 g/mol. The number of carbonyl (C=O) groups is 1. The molecule has 0 radical (unpaired) electrons. The third kappa shape index (κ3) is 3.85. The second-order valence-corrected chi connectivity index (χ2v) is 4.69. The molecule has 0 aliphatic heterocycles. The van der Waals surface area contributed by atoms with Crippen molar-refractivity contribution in [3.63, 3.8) is 0 Å². The fraction of sp³-hybridized carbons (Fsp3) is 0.200. The maximum absolute atomic E-state index is 12.1. The average Bonchev–Trinajstić information content (AvgIpc) is 2.88. The maximum Gasteiger partial charge on any atom is 0.294 e. The molecule has 0 atom stereocenters. The van der Waals surface area contributed by atoms with Crippen LogP contribution in [-0.4, -0.2) is 22.8 Å². The number of aryl methyl sites for hydroxylation is 1. The van der Waals surface area contributed by atoms with E-state index in [9.17, 15) is 4.79 Å². The molecule has 6 heteroatoms. The number of aromatic nitrogens is 1. The van der Waals surface area contributed by atoms with Crippen molar-refractivity contribution in [2.75, 3.05) is 11.9 Å². The predicted molar refractivity (Wildman–Crippen MR) is 79.2 cm³/mol. The van der Waals surface area contributed by atoms with Gasteiger partial charge in [-0.15, -0.1) is 0 Å². The van der Waals surface area contributed by atoms with E-state index < -0.39 is 5.91 Å². The summed E-state index contributed by atoms with van der Waals surface area (Å²) in [5, 5.41) is 15.5. The van der Waals surface area contributed by atoms with Crippen molar-refractivity contribution in [2.24, 2.45) is 0 Å². The van der Waals surface area contributed by atoms with E-state index in [1.807, 2.05) is 0 Å². The summed E-state index contributed by atoms with van der Waals surface area (Å²) in [6.45, 7) is 1.71. The third-order valence-electron chi connectivity index (χ3n) is 2.64. The Bertz CT molecular complexity index is 713. The van der Waals surface area contributed by atoms with Gasteiger partial charge in [0.25, 0.3) is 5.91 Å². The number of hydrogen-bond donors (Lipinski definition) is 2. The van der Waals surface area contributed by atoms with Crippen molar-refractivity contribution in [3.05, 3.63) is 46.3 Å². The van der Waals surface area contributed by atoms with E-state index in [2.05, 4.69) is 22.3 Å². The number of aliphatic hydroxyl groups is 1. The number of nitrogens with one attached hydrogen (secondary N) is 1. The molecule has 1 aromatic carbocycles. The lowest BCUT2D eigenvalue weighted by Gasteiger charge is -2.07. The van der Waals surface area contributed by atoms with E-state index >= 15 is 0 Å². The van der Waals surface area contributed by atoms with Crippen LogP contribution in [0.4, 0.5) is 5.69 Å². The molecule has 0 aliphatic carbocycles. The molecule has 2 rings (SSSR count). The van der Waals surface area contributed by atoms with Gasteiger partial charge in [-0.25, -0.2) is 0 Å². The first kappa shape index (κ1) is 15.1. The van der Waals surface area contributed by atoms with Crippen molar-refractivity contribution in [1.29, 1.82) is 0 Å². The number of hydrogen-bond acceptors (Lipinski definition) is 4. The Morgan fingerprint density at radius 2 is 2.33 bits per heavy atom. The van der Waals surface area contributed by atoms with Crippen LogP contribution in [0, 0.1) is 18.8 Å². The lowest BCUT2D eigenvalue weighted by Crippen LogP contribution is -2.13. The van der Waals surface area contributed by atoms with Crippen LogP contribution in [0.25, 0.3) is 0 Å². The Balaban J connectivity index is 2.27. The summed E-state index contributed by atoms with van der Waals surface area (Å²) in [5.41, 5.74) is 1.73. The average molecular weight is 305 g/mol. The van der Waals surface area contributed by atoms with Crippen LogP contribution < -0.4 is 5.32 Å². The Hall–Kier alpha value is -2.29. The van der Waals surface area contributed by atoms with Crippen LogP contribution in [0.3, 0.4) is 0 Å². The minimum atomic E-state index is -0.419. The SMILES string of the molecule is Cc1cnoc1C(=O)Nc1cc(Cl)ccc1C#CCCO. The normalized spacial score (nSPS) is 9.86. The summed E-state index contributed by atoms with van der Waals surface area (Å²) < 4.78 is 4.90. The van der Waals surface area contributed by atoms with E-state index in [0.29, 0.717) is 28.3 Å². The Kier molecular flexibility index (Phi) is 4.99. The second-order valence-electron chi connectivity index (χ2n) is 4.26. The number of benzene rings is 1. The molecule has 0 spiro atoms. The first-order valence-corrected chi connectivity index (χ1v) is 6.61. The highest BCUT2D eigenvalue weighted by Crippen LogP contribution is 2.21. The first-order valence-electron chi connectivity index (χ1n) is 6.23. The fourth-order valence-corrected chi connectivity index (χ4v) is 1.80. The van der Waals surface area contributed by atoms with Gasteiger partial charge in [-0.1, -0.05) is 28.6 Å². The molecule has 21 heavy (non-hydrogen) atoms. The molecule has 0 unspecified atom stereocenters. The number of carbonyl (C=O) groups excluding carboxylic acids is 1. The summed E-state index contributed by atoms with van der Waals surface area (Å²) in [5.74, 6) is 5.40. The first-order chi connectivity index (χ1) is 10.1. The predicted octanol–water partition coefficient (Wildman–Crippen LogP) is 2.62. The minimum Gasteiger partial charge on any atom is -0.395 e. The minimum absolute atomic E-state index is 0.0143. The fourth-order valence-electron chi connectivity index (χ4n) is 1.63. The zero-order chi connectivity index (χ0) is 15.2.